The monoisotopic (exact) mass is 155 g/mol. The molecule has 0 saturated carbocycles. The Morgan fingerprint density at radius 3 is 1.55 bits per heavy atom. The van der Waals surface area contributed by atoms with Crippen molar-refractivity contribution in [3.63, 3.8) is 0 Å². The molecule has 0 N–H and O–H groups in total. The molecular formula is C10H24B-. The first-order chi connectivity index (χ1) is 5.24. The molecule has 0 rings (SSSR count). The highest BCUT2D eigenvalue weighted by atomic mass is 13.9. The lowest BCUT2D eigenvalue weighted by Crippen LogP contribution is -2.30. The van der Waals surface area contributed by atoms with E-state index in [9.17, 15) is 0 Å². The van der Waals surface area contributed by atoms with E-state index in [1.165, 1.54) is 38.1 Å². The second-order valence-electron chi connectivity index (χ2n) is 4.10. The Bertz CT molecular complexity index is 76.6. The molecule has 0 saturated heterocycles. The van der Waals surface area contributed by atoms with Crippen molar-refractivity contribution in [1.29, 1.82) is 0 Å². The fraction of sp³-hybridized carbons (Fsp3) is 1.00. The van der Waals surface area contributed by atoms with E-state index in [4.69, 9.17) is 0 Å². The molecule has 0 fully saturated rings. The molecule has 0 nitrogen and oxygen atoms in total. The SMILES string of the molecule is CCCC[B-](CC)(CC)CC. The second-order valence-corrected chi connectivity index (χ2v) is 4.10. The summed E-state index contributed by atoms with van der Waals surface area (Å²) >= 11 is 0. The van der Waals surface area contributed by atoms with Crippen molar-refractivity contribution in [3.8, 4) is 0 Å². The van der Waals surface area contributed by atoms with Crippen LogP contribution in [0.1, 0.15) is 40.5 Å². The molecule has 1 heteroatoms. The third-order valence-corrected chi connectivity index (χ3v) is 3.77. The predicted molar refractivity (Wildman–Crippen MR) is 56.9 cm³/mol. The van der Waals surface area contributed by atoms with Gasteiger partial charge in [0.25, 0.3) is 0 Å². The summed E-state index contributed by atoms with van der Waals surface area (Å²) in [6, 6.07) is 0. The Morgan fingerprint density at radius 2 is 1.27 bits per heavy atom. The van der Waals surface area contributed by atoms with E-state index in [0.717, 1.165) is 0 Å². The first-order valence-corrected chi connectivity index (χ1v) is 5.46. The minimum atomic E-state index is 0.0399. The average molecular weight is 155 g/mol. The molecule has 0 radical (unpaired) electrons. The van der Waals surface area contributed by atoms with Gasteiger partial charge in [-0.25, -0.2) is 0 Å². The van der Waals surface area contributed by atoms with Gasteiger partial charge in [0.1, 0.15) is 0 Å². The largest absolute Gasteiger partial charge is 0.181 e. The molecule has 0 aliphatic carbocycles. The lowest BCUT2D eigenvalue weighted by molar-refractivity contribution is 0.852. The molecule has 0 spiro atoms. The normalized spacial score (nSPS) is 12.0. The van der Waals surface area contributed by atoms with E-state index in [2.05, 4.69) is 27.7 Å². The van der Waals surface area contributed by atoms with E-state index in [0.29, 0.717) is 0 Å². The van der Waals surface area contributed by atoms with E-state index >= 15 is 0 Å². The second kappa shape index (κ2) is 5.68. The standard InChI is InChI=1S/C10H24B/c1-5-9-10-11(6-2,7-3)8-4/h5-10H2,1-4H3/q-1. The molecule has 0 bridgehead atoms. The van der Waals surface area contributed by atoms with Crippen LogP contribution in [0.4, 0.5) is 0 Å². The number of rotatable bonds is 6. The third kappa shape index (κ3) is 3.31. The van der Waals surface area contributed by atoms with Crippen LogP contribution in [-0.2, 0) is 0 Å². The van der Waals surface area contributed by atoms with E-state index < -0.39 is 0 Å². The maximum absolute atomic E-state index is 2.36. The van der Waals surface area contributed by atoms with E-state index in [-0.39, 0.29) is 6.15 Å². The molecule has 0 aromatic rings. The molecule has 0 amide bonds. The Kier molecular flexibility index (Phi) is 5.72. The van der Waals surface area contributed by atoms with Crippen LogP contribution in [0, 0.1) is 0 Å². The summed E-state index contributed by atoms with van der Waals surface area (Å²) in [4.78, 5) is 0. The fourth-order valence-corrected chi connectivity index (χ4v) is 2.12. The Morgan fingerprint density at radius 1 is 0.818 bits per heavy atom. The molecule has 0 aromatic heterocycles. The summed E-state index contributed by atoms with van der Waals surface area (Å²) in [5.41, 5.74) is 0. The van der Waals surface area contributed by atoms with Crippen molar-refractivity contribution >= 4 is 6.15 Å². The lowest BCUT2D eigenvalue weighted by Gasteiger charge is -2.35. The van der Waals surface area contributed by atoms with Gasteiger partial charge in [0, 0.05) is 0 Å². The minimum Gasteiger partial charge on any atom is -0.181 e. The Hall–Kier alpha value is 0.0649. The highest BCUT2D eigenvalue weighted by Gasteiger charge is 2.16. The zero-order chi connectivity index (χ0) is 8.74. The van der Waals surface area contributed by atoms with Crippen LogP contribution in [0.5, 0.6) is 0 Å². The molecule has 0 aromatic carbocycles. The van der Waals surface area contributed by atoms with Crippen LogP contribution >= 0.6 is 0 Å². The topological polar surface area (TPSA) is 0 Å². The molecule has 68 valence electrons. The van der Waals surface area contributed by atoms with Crippen molar-refractivity contribution in [1.82, 2.24) is 0 Å². The van der Waals surface area contributed by atoms with Crippen molar-refractivity contribution in [3.05, 3.63) is 0 Å². The van der Waals surface area contributed by atoms with Crippen molar-refractivity contribution in [2.75, 3.05) is 0 Å². The maximum atomic E-state index is 2.36. The van der Waals surface area contributed by atoms with Crippen molar-refractivity contribution in [2.24, 2.45) is 0 Å². The van der Waals surface area contributed by atoms with Crippen LogP contribution in [-0.4, -0.2) is 6.15 Å². The van der Waals surface area contributed by atoms with Gasteiger partial charge in [-0.15, -0.1) is 0 Å². The van der Waals surface area contributed by atoms with Crippen LogP contribution in [0.25, 0.3) is 0 Å². The number of hydrogen-bond acceptors (Lipinski definition) is 0. The third-order valence-electron chi connectivity index (χ3n) is 3.77. The van der Waals surface area contributed by atoms with Crippen molar-refractivity contribution < 1.29 is 0 Å². The first-order valence-electron chi connectivity index (χ1n) is 5.46. The highest BCUT2D eigenvalue weighted by Crippen LogP contribution is 2.26. The van der Waals surface area contributed by atoms with Gasteiger partial charge in [0.2, 0.25) is 0 Å². The van der Waals surface area contributed by atoms with Crippen LogP contribution in [0.2, 0.25) is 25.3 Å². The molecular weight excluding hydrogens is 131 g/mol. The molecule has 0 heterocycles. The van der Waals surface area contributed by atoms with Crippen LogP contribution < -0.4 is 0 Å². The minimum absolute atomic E-state index is 0.0399. The van der Waals surface area contributed by atoms with Gasteiger partial charge in [0.05, 0.1) is 0 Å². The summed E-state index contributed by atoms with van der Waals surface area (Å²) in [6.07, 6.45) is 8.62. The van der Waals surface area contributed by atoms with Gasteiger partial charge in [-0.1, -0.05) is 40.5 Å². The smallest absolute Gasteiger partial charge is 0.000221 e. The molecule has 0 atom stereocenters. The number of hydrogen-bond donors (Lipinski definition) is 0. The van der Waals surface area contributed by atoms with Crippen molar-refractivity contribution in [2.45, 2.75) is 65.8 Å². The van der Waals surface area contributed by atoms with Gasteiger partial charge in [-0.3, -0.25) is 0 Å². The Balaban J connectivity index is 3.84. The summed E-state index contributed by atoms with van der Waals surface area (Å²) in [6.45, 7) is 9.38. The van der Waals surface area contributed by atoms with E-state index in [1.54, 1.807) is 0 Å². The summed E-state index contributed by atoms with van der Waals surface area (Å²) < 4.78 is 0. The quantitative estimate of drug-likeness (QED) is 0.501. The highest BCUT2D eigenvalue weighted by molar-refractivity contribution is 6.79. The maximum Gasteiger partial charge on any atom is -0.000221 e. The summed E-state index contributed by atoms with van der Waals surface area (Å²) in [5, 5.41) is 0. The molecule has 0 unspecified atom stereocenters. The zero-order valence-electron chi connectivity index (χ0n) is 8.82. The van der Waals surface area contributed by atoms with Gasteiger partial charge in [0.15, 0.2) is 0 Å². The Labute approximate surface area is 72.7 Å². The predicted octanol–water partition coefficient (Wildman–Crippen LogP) is 4.30. The van der Waals surface area contributed by atoms with Gasteiger partial charge >= 0.3 is 0 Å². The molecule has 0 aliphatic heterocycles. The first kappa shape index (κ1) is 11.1. The van der Waals surface area contributed by atoms with E-state index in [1.807, 2.05) is 0 Å². The van der Waals surface area contributed by atoms with Gasteiger partial charge < -0.3 is 0 Å². The fourth-order valence-electron chi connectivity index (χ4n) is 2.12. The average Bonchev–Trinajstić information content (AvgIpc) is 2.08. The lowest BCUT2D eigenvalue weighted by atomic mass is 9.19. The molecule has 0 aliphatic rings. The van der Waals surface area contributed by atoms with Crippen LogP contribution in [0.15, 0.2) is 0 Å². The zero-order valence-corrected chi connectivity index (χ0v) is 8.82. The molecule has 11 heavy (non-hydrogen) atoms. The van der Waals surface area contributed by atoms with Gasteiger partial charge in [-0.2, -0.15) is 25.3 Å². The number of unbranched alkanes of at least 4 members (excludes halogenated alkanes) is 1. The van der Waals surface area contributed by atoms with Gasteiger partial charge in [-0.05, 0) is 6.15 Å². The van der Waals surface area contributed by atoms with Crippen LogP contribution in [0.3, 0.4) is 0 Å². The summed E-state index contributed by atoms with van der Waals surface area (Å²) in [7, 11) is 0. The summed E-state index contributed by atoms with van der Waals surface area (Å²) in [5.74, 6) is 0.